The first kappa shape index (κ1) is 11.8. The number of fused-ring (bicyclic) bond motifs is 1. The number of halogens is 1. The van der Waals surface area contributed by atoms with E-state index in [2.05, 4.69) is 0 Å². The van der Waals surface area contributed by atoms with Crippen LogP contribution < -0.4 is 0 Å². The molecule has 2 aromatic carbocycles. The van der Waals surface area contributed by atoms with E-state index in [4.69, 9.17) is 0 Å². The van der Waals surface area contributed by atoms with Crippen LogP contribution in [0, 0.1) is 15.9 Å². The third-order valence-electron chi connectivity index (χ3n) is 2.93. The first-order valence-corrected chi connectivity index (χ1v) is 6.45. The molecule has 0 unspecified atom stereocenters. The molecule has 0 fully saturated rings. The molecule has 0 spiro atoms. The van der Waals surface area contributed by atoms with Gasteiger partial charge in [0.05, 0.1) is 4.92 Å². The Bertz CT molecular complexity index is 782. The van der Waals surface area contributed by atoms with Crippen LogP contribution >= 0.6 is 11.3 Å². The van der Waals surface area contributed by atoms with Crippen LogP contribution in [-0.4, -0.2) is 4.92 Å². The van der Waals surface area contributed by atoms with E-state index in [0.29, 0.717) is 5.56 Å². The van der Waals surface area contributed by atoms with Crippen molar-refractivity contribution >= 4 is 27.1 Å². The molecule has 1 heterocycles. The maximum Gasteiger partial charge on any atom is 0.304 e. The van der Waals surface area contributed by atoms with Gasteiger partial charge in [0.25, 0.3) is 0 Å². The normalized spacial score (nSPS) is 10.8. The van der Waals surface area contributed by atoms with E-state index >= 15 is 0 Å². The fourth-order valence-corrected chi connectivity index (χ4v) is 2.75. The number of thiophene rings is 1. The summed E-state index contributed by atoms with van der Waals surface area (Å²) in [7, 11) is 0. The molecule has 0 saturated heterocycles. The van der Waals surface area contributed by atoms with Gasteiger partial charge in [-0.25, -0.2) is 0 Å². The van der Waals surface area contributed by atoms with E-state index in [1.54, 1.807) is 17.4 Å². The van der Waals surface area contributed by atoms with E-state index < -0.39 is 16.4 Å². The molecule has 0 bridgehead atoms. The van der Waals surface area contributed by atoms with Crippen LogP contribution in [0.5, 0.6) is 0 Å². The van der Waals surface area contributed by atoms with Crippen LogP contribution in [0.3, 0.4) is 0 Å². The van der Waals surface area contributed by atoms with Crippen molar-refractivity contribution in [3.63, 3.8) is 0 Å². The van der Waals surface area contributed by atoms with Crippen molar-refractivity contribution in [2.75, 3.05) is 0 Å². The monoisotopic (exact) mass is 273 g/mol. The molecule has 19 heavy (non-hydrogen) atoms. The van der Waals surface area contributed by atoms with Gasteiger partial charge in [0.15, 0.2) is 0 Å². The first-order chi connectivity index (χ1) is 9.15. The van der Waals surface area contributed by atoms with Crippen LogP contribution in [0.1, 0.15) is 0 Å². The topological polar surface area (TPSA) is 43.1 Å². The van der Waals surface area contributed by atoms with E-state index in [1.807, 2.05) is 29.6 Å². The molecule has 3 rings (SSSR count). The van der Waals surface area contributed by atoms with Gasteiger partial charge in [0, 0.05) is 10.8 Å². The third kappa shape index (κ3) is 2.08. The minimum atomic E-state index is -0.812. The molecule has 0 aliphatic rings. The maximum atomic E-state index is 13.6. The van der Waals surface area contributed by atoms with E-state index in [-0.39, 0.29) is 0 Å². The van der Waals surface area contributed by atoms with Gasteiger partial charge < -0.3 is 0 Å². The molecule has 1 aromatic heterocycles. The fraction of sp³-hybridized carbons (Fsp3) is 0. The summed E-state index contributed by atoms with van der Waals surface area (Å²) in [4.78, 5) is 9.86. The van der Waals surface area contributed by atoms with Gasteiger partial charge in [-0.05, 0) is 52.2 Å². The Balaban J connectivity index is 2.10. The van der Waals surface area contributed by atoms with Crippen molar-refractivity contribution in [3.8, 4) is 11.1 Å². The van der Waals surface area contributed by atoms with E-state index in [9.17, 15) is 14.5 Å². The molecule has 94 valence electrons. The Kier molecular flexibility index (Phi) is 2.76. The molecule has 3 nitrogen and oxygen atoms in total. The Morgan fingerprint density at radius 3 is 2.53 bits per heavy atom. The lowest BCUT2D eigenvalue weighted by atomic mass is 10.0. The predicted molar refractivity (Wildman–Crippen MR) is 73.9 cm³/mol. The fourth-order valence-electron chi connectivity index (χ4n) is 1.98. The van der Waals surface area contributed by atoms with Crippen molar-refractivity contribution in [2.24, 2.45) is 0 Å². The van der Waals surface area contributed by atoms with Crippen LogP contribution in [0.2, 0.25) is 0 Å². The largest absolute Gasteiger partial charge is 0.304 e. The first-order valence-electron chi connectivity index (χ1n) is 5.57. The number of benzene rings is 2. The molecule has 0 aliphatic heterocycles. The molecule has 0 aliphatic carbocycles. The summed E-state index contributed by atoms with van der Waals surface area (Å²) in [6.07, 6.45) is 0. The SMILES string of the molecule is O=[N+]([O-])c1ccc(-c2ccc3sccc3c2)cc1F. The summed E-state index contributed by atoms with van der Waals surface area (Å²) >= 11 is 1.64. The zero-order chi connectivity index (χ0) is 13.4. The molecule has 5 heteroatoms. The second kappa shape index (κ2) is 4.44. The zero-order valence-electron chi connectivity index (χ0n) is 9.67. The Morgan fingerprint density at radius 2 is 1.79 bits per heavy atom. The minimum Gasteiger partial charge on any atom is -0.258 e. The standard InChI is InChI=1S/C14H8FNO2S/c15-12-8-10(1-3-13(12)16(17)18)9-2-4-14-11(7-9)5-6-19-14/h1-8H. The third-order valence-corrected chi connectivity index (χ3v) is 3.83. The quantitative estimate of drug-likeness (QED) is 0.505. The highest BCUT2D eigenvalue weighted by Crippen LogP contribution is 2.29. The van der Waals surface area contributed by atoms with Crippen molar-refractivity contribution in [1.29, 1.82) is 0 Å². The summed E-state index contributed by atoms with van der Waals surface area (Å²) in [6, 6.07) is 11.8. The van der Waals surface area contributed by atoms with Gasteiger partial charge in [-0.15, -0.1) is 11.3 Å². The highest BCUT2D eigenvalue weighted by atomic mass is 32.1. The average molecular weight is 273 g/mol. The maximum absolute atomic E-state index is 13.6. The highest BCUT2D eigenvalue weighted by Gasteiger charge is 2.14. The minimum absolute atomic E-state index is 0.500. The molecular weight excluding hydrogens is 265 g/mol. The smallest absolute Gasteiger partial charge is 0.258 e. The number of hydrogen-bond donors (Lipinski definition) is 0. The molecule has 0 radical (unpaired) electrons. The van der Waals surface area contributed by atoms with E-state index in [1.165, 1.54) is 12.1 Å². The van der Waals surface area contributed by atoms with Gasteiger partial charge in [-0.1, -0.05) is 6.07 Å². The van der Waals surface area contributed by atoms with Gasteiger partial charge in [0.2, 0.25) is 5.82 Å². The van der Waals surface area contributed by atoms with Crippen molar-refractivity contribution < 1.29 is 9.31 Å². The number of rotatable bonds is 2. The van der Waals surface area contributed by atoms with Crippen LogP contribution in [-0.2, 0) is 0 Å². The number of nitro groups is 1. The Labute approximate surface area is 112 Å². The molecule has 0 amide bonds. The van der Waals surface area contributed by atoms with Crippen LogP contribution in [0.15, 0.2) is 47.8 Å². The Hall–Kier alpha value is -2.27. The van der Waals surface area contributed by atoms with Crippen molar-refractivity contribution in [1.82, 2.24) is 0 Å². The predicted octanol–water partition coefficient (Wildman–Crippen LogP) is 4.62. The number of nitro benzene ring substituents is 1. The molecule has 0 atom stereocenters. The van der Waals surface area contributed by atoms with Gasteiger partial charge in [-0.3, -0.25) is 10.1 Å². The molecule has 3 aromatic rings. The summed E-state index contributed by atoms with van der Waals surface area (Å²) in [5, 5.41) is 13.7. The van der Waals surface area contributed by atoms with Gasteiger partial charge in [0.1, 0.15) is 0 Å². The van der Waals surface area contributed by atoms with Crippen molar-refractivity contribution in [3.05, 3.63) is 63.8 Å². The van der Waals surface area contributed by atoms with Gasteiger partial charge >= 0.3 is 5.69 Å². The average Bonchev–Trinajstić information content (AvgIpc) is 2.85. The van der Waals surface area contributed by atoms with Crippen LogP contribution in [0.4, 0.5) is 10.1 Å². The highest BCUT2D eigenvalue weighted by molar-refractivity contribution is 7.17. The van der Waals surface area contributed by atoms with Crippen LogP contribution in [0.25, 0.3) is 21.2 Å². The molecule has 0 saturated carbocycles. The Morgan fingerprint density at radius 1 is 1.05 bits per heavy atom. The second-order valence-corrected chi connectivity index (χ2v) is 5.04. The number of hydrogen-bond acceptors (Lipinski definition) is 3. The summed E-state index contributed by atoms with van der Waals surface area (Å²) in [6.45, 7) is 0. The summed E-state index contributed by atoms with van der Waals surface area (Å²) in [5.41, 5.74) is 0.983. The molecule has 0 N–H and O–H groups in total. The second-order valence-electron chi connectivity index (χ2n) is 4.10. The van der Waals surface area contributed by atoms with E-state index in [0.717, 1.165) is 15.6 Å². The number of nitrogens with zero attached hydrogens (tertiary/aromatic N) is 1. The van der Waals surface area contributed by atoms with Gasteiger partial charge in [-0.2, -0.15) is 4.39 Å². The summed E-state index contributed by atoms with van der Waals surface area (Å²) in [5.74, 6) is -0.812. The zero-order valence-corrected chi connectivity index (χ0v) is 10.5. The lowest BCUT2D eigenvalue weighted by Crippen LogP contribution is -1.92. The molecular formula is C14H8FNO2S. The lowest BCUT2D eigenvalue weighted by Gasteiger charge is -2.02. The summed E-state index contributed by atoms with van der Waals surface area (Å²) < 4.78 is 14.8. The van der Waals surface area contributed by atoms with Crippen molar-refractivity contribution in [2.45, 2.75) is 0 Å². The lowest BCUT2D eigenvalue weighted by molar-refractivity contribution is -0.387.